The molecule has 0 aliphatic heterocycles. The Labute approximate surface area is 133 Å². The van der Waals surface area contributed by atoms with Gasteiger partial charge in [-0.1, -0.05) is 80.4 Å². The molecule has 2 heteroatoms. The molecule has 0 fully saturated rings. The van der Waals surface area contributed by atoms with E-state index in [1.165, 1.54) is 32.3 Å². The van der Waals surface area contributed by atoms with Gasteiger partial charge in [-0.25, -0.2) is 0 Å². The molecule has 0 radical (unpaired) electrons. The first-order valence-corrected chi connectivity index (χ1v) is 8.02. The Hall–Kier alpha value is -1.38. The molecule has 0 spiro atoms. The van der Waals surface area contributed by atoms with E-state index < -0.39 is 0 Å². The van der Waals surface area contributed by atoms with Crippen LogP contribution in [0.3, 0.4) is 0 Å². The van der Waals surface area contributed by atoms with Gasteiger partial charge >= 0.3 is 0 Å². The van der Waals surface area contributed by atoms with Crippen LogP contribution in [0.1, 0.15) is 0 Å². The quantitative estimate of drug-likeness (QED) is 0.296. The summed E-state index contributed by atoms with van der Waals surface area (Å²) >= 11 is 7.24. The Bertz CT molecular complexity index is 971. The lowest BCUT2D eigenvalue weighted by Crippen LogP contribution is -1.82. The van der Waals surface area contributed by atoms with Gasteiger partial charge in [0.1, 0.15) is 0 Å². The van der Waals surface area contributed by atoms with E-state index in [1.807, 2.05) is 0 Å². The van der Waals surface area contributed by atoms with Gasteiger partial charge in [0.25, 0.3) is 0 Å². The number of rotatable bonds is 0. The van der Waals surface area contributed by atoms with Crippen molar-refractivity contribution in [1.29, 1.82) is 0 Å². The molecule has 4 rings (SSSR count). The normalized spacial score (nSPS) is 11.5. The highest BCUT2D eigenvalue weighted by Gasteiger charge is 2.07. The molecule has 0 heterocycles. The van der Waals surface area contributed by atoms with E-state index in [9.17, 15) is 0 Å². The molecule has 0 aliphatic carbocycles. The third-order valence-corrected chi connectivity index (χ3v) is 4.89. The smallest absolute Gasteiger partial charge is 0.0265 e. The van der Waals surface area contributed by atoms with Crippen LogP contribution >= 0.6 is 31.9 Å². The van der Waals surface area contributed by atoms with Gasteiger partial charge in [0, 0.05) is 8.95 Å². The van der Waals surface area contributed by atoms with Crippen molar-refractivity contribution >= 4 is 64.2 Å². The van der Waals surface area contributed by atoms with Crippen molar-refractivity contribution in [3.05, 3.63) is 69.6 Å². The van der Waals surface area contributed by atoms with E-state index in [-0.39, 0.29) is 0 Å². The molecule has 0 saturated heterocycles. The highest BCUT2D eigenvalue weighted by molar-refractivity contribution is 9.11. The summed E-state index contributed by atoms with van der Waals surface area (Å²) in [5.74, 6) is 0. The molecule has 0 saturated carbocycles. The zero-order valence-electron chi connectivity index (χ0n) is 10.5. The number of hydrogen-bond donors (Lipinski definition) is 0. The molecule has 0 aromatic heterocycles. The number of halogens is 2. The maximum atomic E-state index is 3.65. The van der Waals surface area contributed by atoms with E-state index in [1.54, 1.807) is 0 Å². The Kier molecular flexibility index (Phi) is 2.83. The monoisotopic (exact) mass is 384 g/mol. The minimum Gasteiger partial charge on any atom is -0.0616 e. The first-order valence-electron chi connectivity index (χ1n) is 6.43. The van der Waals surface area contributed by atoms with Crippen molar-refractivity contribution in [3.63, 3.8) is 0 Å². The summed E-state index contributed by atoms with van der Waals surface area (Å²) in [5.41, 5.74) is 0. The van der Waals surface area contributed by atoms with Gasteiger partial charge < -0.3 is 0 Å². The lowest BCUT2D eigenvalue weighted by Gasteiger charge is -2.09. The van der Waals surface area contributed by atoms with Crippen LogP contribution in [0.5, 0.6) is 0 Å². The summed E-state index contributed by atoms with van der Waals surface area (Å²) in [5, 5.41) is 7.71. The second-order valence-corrected chi connectivity index (χ2v) is 6.70. The Morgan fingerprint density at radius 2 is 1.25 bits per heavy atom. The lowest BCUT2D eigenvalue weighted by atomic mass is 9.97. The summed E-state index contributed by atoms with van der Waals surface area (Å²) in [7, 11) is 0. The molecule has 0 aliphatic rings. The van der Waals surface area contributed by atoms with Crippen LogP contribution in [0.25, 0.3) is 32.3 Å². The molecule has 0 bridgehead atoms. The molecule has 96 valence electrons. The number of hydrogen-bond acceptors (Lipinski definition) is 0. The molecule has 20 heavy (non-hydrogen) atoms. The van der Waals surface area contributed by atoms with Crippen molar-refractivity contribution < 1.29 is 0 Å². The van der Waals surface area contributed by atoms with E-state index in [4.69, 9.17) is 0 Å². The first-order chi connectivity index (χ1) is 9.74. The Morgan fingerprint density at radius 1 is 0.550 bits per heavy atom. The highest BCUT2D eigenvalue weighted by atomic mass is 79.9. The van der Waals surface area contributed by atoms with Gasteiger partial charge in [0.15, 0.2) is 0 Å². The van der Waals surface area contributed by atoms with E-state index in [0.717, 1.165) is 8.95 Å². The van der Waals surface area contributed by atoms with Crippen LogP contribution in [0, 0.1) is 0 Å². The number of benzene rings is 4. The third-order valence-electron chi connectivity index (χ3n) is 3.77. The Morgan fingerprint density at radius 3 is 2.15 bits per heavy atom. The van der Waals surface area contributed by atoms with Crippen molar-refractivity contribution in [2.75, 3.05) is 0 Å². The van der Waals surface area contributed by atoms with E-state index in [0.29, 0.717) is 0 Å². The largest absolute Gasteiger partial charge is 0.0616 e. The van der Waals surface area contributed by atoms with Gasteiger partial charge in [-0.05, 0) is 44.5 Å². The number of fused-ring (bicyclic) bond motifs is 5. The van der Waals surface area contributed by atoms with Gasteiger partial charge in [-0.3, -0.25) is 0 Å². The summed E-state index contributed by atoms with van der Waals surface area (Å²) in [6, 6.07) is 21.7. The zero-order chi connectivity index (χ0) is 13.7. The van der Waals surface area contributed by atoms with Crippen LogP contribution in [-0.4, -0.2) is 0 Å². The summed E-state index contributed by atoms with van der Waals surface area (Å²) < 4.78 is 2.22. The van der Waals surface area contributed by atoms with Gasteiger partial charge in [-0.2, -0.15) is 0 Å². The predicted molar refractivity (Wildman–Crippen MR) is 94.4 cm³/mol. The maximum Gasteiger partial charge on any atom is 0.0265 e. The fourth-order valence-corrected chi connectivity index (χ4v) is 4.21. The average molecular weight is 386 g/mol. The fourth-order valence-electron chi connectivity index (χ4n) is 2.85. The summed E-state index contributed by atoms with van der Waals surface area (Å²) in [6.07, 6.45) is 0. The minimum atomic E-state index is 1.09. The second kappa shape index (κ2) is 4.57. The zero-order valence-corrected chi connectivity index (χ0v) is 13.7. The molecule has 0 unspecified atom stereocenters. The first kappa shape index (κ1) is 12.4. The third kappa shape index (κ3) is 1.79. The van der Waals surface area contributed by atoms with Crippen molar-refractivity contribution in [1.82, 2.24) is 0 Å². The van der Waals surface area contributed by atoms with Crippen molar-refractivity contribution in [3.8, 4) is 0 Å². The van der Waals surface area contributed by atoms with Gasteiger partial charge in [-0.15, -0.1) is 0 Å². The lowest BCUT2D eigenvalue weighted by molar-refractivity contribution is 1.69. The minimum absolute atomic E-state index is 1.09. The van der Waals surface area contributed by atoms with Gasteiger partial charge in [0.2, 0.25) is 0 Å². The summed E-state index contributed by atoms with van der Waals surface area (Å²) in [6.45, 7) is 0. The topological polar surface area (TPSA) is 0 Å². The summed E-state index contributed by atoms with van der Waals surface area (Å²) in [4.78, 5) is 0. The van der Waals surface area contributed by atoms with Crippen molar-refractivity contribution in [2.24, 2.45) is 0 Å². The molecule has 0 amide bonds. The second-order valence-electron chi connectivity index (χ2n) is 4.93. The van der Waals surface area contributed by atoms with Crippen LogP contribution < -0.4 is 0 Å². The van der Waals surface area contributed by atoms with Crippen molar-refractivity contribution in [2.45, 2.75) is 0 Å². The van der Waals surface area contributed by atoms with E-state index >= 15 is 0 Å². The molecule has 0 nitrogen and oxygen atoms in total. The predicted octanol–water partition coefficient (Wildman–Crippen LogP) is 6.67. The Balaban J connectivity index is 2.28. The van der Waals surface area contributed by atoms with Gasteiger partial charge in [0.05, 0.1) is 0 Å². The standard InChI is InChI=1S/C18H10Br2/c19-12-9-17-15-6-5-11-3-1-2-4-13(11)14(15)7-8-16(17)18(20)10-12/h1-10H. The fraction of sp³-hybridized carbons (Fsp3) is 0. The molecule has 4 aromatic rings. The highest BCUT2D eigenvalue weighted by Crippen LogP contribution is 2.36. The van der Waals surface area contributed by atoms with E-state index in [2.05, 4.69) is 92.5 Å². The SMILES string of the molecule is Brc1cc(Br)c2ccc3c4ccccc4ccc3c2c1. The average Bonchev–Trinajstić information content (AvgIpc) is 2.46. The molecular formula is C18H10Br2. The van der Waals surface area contributed by atoms with Crippen LogP contribution in [0.15, 0.2) is 69.6 Å². The molecule has 0 N–H and O–H groups in total. The van der Waals surface area contributed by atoms with Crippen LogP contribution in [-0.2, 0) is 0 Å². The van der Waals surface area contributed by atoms with Crippen LogP contribution in [0.4, 0.5) is 0 Å². The molecule has 0 atom stereocenters. The maximum absolute atomic E-state index is 3.65. The molecule has 4 aromatic carbocycles. The van der Waals surface area contributed by atoms with Crippen LogP contribution in [0.2, 0.25) is 0 Å². The molecular weight excluding hydrogens is 376 g/mol.